The number of benzene rings is 2. The number of anilines is 2. The maximum atomic E-state index is 13.9. The Hall–Kier alpha value is -3.39. The van der Waals surface area contributed by atoms with Gasteiger partial charge in [-0.05, 0) is 37.6 Å². The van der Waals surface area contributed by atoms with Gasteiger partial charge < -0.3 is 14.8 Å². The number of carbonyl (C=O) groups is 3. The zero-order valence-electron chi connectivity index (χ0n) is 17.8. The van der Waals surface area contributed by atoms with Gasteiger partial charge in [0.1, 0.15) is 5.54 Å². The van der Waals surface area contributed by atoms with Gasteiger partial charge in [0.05, 0.1) is 31.7 Å². The summed E-state index contributed by atoms with van der Waals surface area (Å²) in [6.45, 7) is 0.691. The predicted molar refractivity (Wildman–Crippen MR) is 115 cm³/mol. The monoisotopic (exact) mass is 433 g/mol. The number of rotatable bonds is 3. The van der Waals surface area contributed by atoms with E-state index in [1.54, 1.807) is 18.2 Å². The number of nitrogens with zero attached hydrogens (tertiary/aromatic N) is 2. The number of carbonyl (C=O) groups excluding carboxylic acids is 3. The van der Waals surface area contributed by atoms with Gasteiger partial charge in [0.25, 0.3) is 0 Å². The number of nitrogens with one attached hydrogen (secondary N) is 1. The number of methoxy groups -OCH3 is 2. The lowest BCUT2D eigenvalue weighted by molar-refractivity contribution is -0.135. The van der Waals surface area contributed by atoms with E-state index in [1.165, 1.54) is 19.1 Å². The summed E-state index contributed by atoms with van der Waals surface area (Å²) in [7, 11) is 3.04. The summed E-state index contributed by atoms with van der Waals surface area (Å²) in [5.74, 6) is -1.19. The van der Waals surface area contributed by atoms with Gasteiger partial charge in [-0.25, -0.2) is 4.90 Å². The second kappa shape index (κ2) is 6.56. The van der Waals surface area contributed by atoms with E-state index in [0.717, 1.165) is 18.4 Å². The van der Waals surface area contributed by atoms with E-state index >= 15 is 0 Å². The van der Waals surface area contributed by atoms with E-state index in [1.807, 2.05) is 24.3 Å². The van der Waals surface area contributed by atoms with Crippen molar-refractivity contribution in [2.24, 2.45) is 11.8 Å². The van der Waals surface area contributed by atoms with E-state index in [2.05, 4.69) is 10.2 Å². The Balaban J connectivity index is 1.51. The maximum Gasteiger partial charge on any atom is 0.250 e. The van der Waals surface area contributed by atoms with E-state index in [4.69, 9.17) is 9.47 Å². The zero-order valence-corrected chi connectivity index (χ0v) is 17.8. The highest BCUT2D eigenvalue weighted by atomic mass is 16.5. The fraction of sp³-hybridized carbons (Fsp3) is 0.375. The Bertz CT molecular complexity index is 1180. The number of para-hydroxylation sites is 1. The van der Waals surface area contributed by atoms with Crippen molar-refractivity contribution in [3.63, 3.8) is 0 Å². The van der Waals surface area contributed by atoms with Crippen LogP contribution in [0.1, 0.15) is 18.4 Å². The summed E-state index contributed by atoms with van der Waals surface area (Å²) >= 11 is 0. The molecular formula is C24H23N3O5. The van der Waals surface area contributed by atoms with E-state index in [9.17, 15) is 14.4 Å². The predicted octanol–water partition coefficient (Wildman–Crippen LogP) is 2.13. The summed E-state index contributed by atoms with van der Waals surface area (Å²) in [5.41, 5.74) is 0.785. The minimum atomic E-state index is -1.15. The molecule has 0 radical (unpaired) electrons. The highest BCUT2D eigenvalue weighted by Gasteiger charge is 2.74. The van der Waals surface area contributed by atoms with Crippen molar-refractivity contribution in [1.29, 1.82) is 0 Å². The van der Waals surface area contributed by atoms with Gasteiger partial charge >= 0.3 is 0 Å². The topological polar surface area (TPSA) is 88.2 Å². The van der Waals surface area contributed by atoms with Crippen LogP contribution in [0.25, 0.3) is 0 Å². The highest BCUT2D eigenvalue weighted by Crippen LogP contribution is 2.60. The third kappa shape index (κ3) is 2.13. The van der Waals surface area contributed by atoms with Gasteiger partial charge in [-0.3, -0.25) is 19.3 Å². The maximum absolute atomic E-state index is 13.9. The first-order valence-corrected chi connectivity index (χ1v) is 10.8. The van der Waals surface area contributed by atoms with Crippen LogP contribution in [0.5, 0.6) is 11.5 Å². The van der Waals surface area contributed by atoms with Crippen molar-refractivity contribution in [1.82, 2.24) is 4.90 Å². The standard InChI is InChI=1S/C24H23N3O5/c1-31-17-10-9-13(12-18(17)32-2)27-21(28)19-16-8-5-11-26(16)24(20(19)22(27)29)14-6-3-4-7-15(14)25-23(24)30/h3-4,6-7,9-10,12,16,19-20H,5,8,11H2,1-2H3,(H,25,30)/t16-,19+,20+,24-/m1/s1. The summed E-state index contributed by atoms with van der Waals surface area (Å²) in [5, 5.41) is 2.98. The minimum absolute atomic E-state index is 0.140. The van der Waals surface area contributed by atoms with E-state index in [0.29, 0.717) is 29.4 Å². The van der Waals surface area contributed by atoms with Crippen molar-refractivity contribution in [2.45, 2.75) is 24.4 Å². The molecule has 2 aromatic rings. The van der Waals surface area contributed by atoms with Crippen LogP contribution in [-0.4, -0.2) is 49.4 Å². The SMILES string of the molecule is COc1ccc(N2C(=O)[C@H]3[C@H]4CCCN4[C@@]4(C(=O)Nc5ccccc54)[C@@H]3C2=O)cc1OC. The normalized spacial score (nSPS) is 30.5. The molecule has 1 spiro atoms. The quantitative estimate of drug-likeness (QED) is 0.747. The Morgan fingerprint density at radius 1 is 1.00 bits per heavy atom. The van der Waals surface area contributed by atoms with Crippen LogP contribution in [0, 0.1) is 11.8 Å². The third-order valence-electron chi connectivity index (χ3n) is 7.53. The van der Waals surface area contributed by atoms with Crippen molar-refractivity contribution in [2.75, 3.05) is 31.0 Å². The van der Waals surface area contributed by atoms with Crippen LogP contribution in [0.15, 0.2) is 42.5 Å². The van der Waals surface area contributed by atoms with Crippen LogP contribution in [-0.2, 0) is 19.9 Å². The molecule has 8 nitrogen and oxygen atoms in total. The van der Waals surface area contributed by atoms with Crippen molar-refractivity contribution in [3.05, 3.63) is 48.0 Å². The lowest BCUT2D eigenvalue weighted by atomic mass is 9.75. The van der Waals surface area contributed by atoms with Gasteiger partial charge in [-0.1, -0.05) is 18.2 Å². The number of fused-ring (bicyclic) bond motifs is 7. The molecular weight excluding hydrogens is 410 g/mol. The molecule has 32 heavy (non-hydrogen) atoms. The largest absolute Gasteiger partial charge is 0.493 e. The third-order valence-corrected chi connectivity index (χ3v) is 7.53. The van der Waals surface area contributed by atoms with Crippen LogP contribution < -0.4 is 19.7 Å². The summed E-state index contributed by atoms with van der Waals surface area (Å²) in [6, 6.07) is 12.4. The molecule has 0 bridgehead atoms. The van der Waals surface area contributed by atoms with Crippen LogP contribution in [0.3, 0.4) is 0 Å². The van der Waals surface area contributed by atoms with Crippen molar-refractivity contribution < 1.29 is 23.9 Å². The zero-order chi connectivity index (χ0) is 22.2. The van der Waals surface area contributed by atoms with Gasteiger partial charge in [0, 0.05) is 23.4 Å². The molecule has 2 aromatic carbocycles. The summed E-state index contributed by atoms with van der Waals surface area (Å²) in [6.07, 6.45) is 1.68. The number of ether oxygens (including phenoxy) is 2. The van der Waals surface area contributed by atoms with E-state index < -0.39 is 17.4 Å². The fourth-order valence-electron chi connectivity index (χ4n) is 6.38. The lowest BCUT2D eigenvalue weighted by Gasteiger charge is -2.36. The molecule has 4 atom stereocenters. The molecule has 8 heteroatoms. The Morgan fingerprint density at radius 3 is 2.56 bits per heavy atom. The minimum Gasteiger partial charge on any atom is -0.493 e. The van der Waals surface area contributed by atoms with Crippen molar-refractivity contribution >= 4 is 29.1 Å². The van der Waals surface area contributed by atoms with E-state index in [-0.39, 0.29) is 23.8 Å². The van der Waals surface area contributed by atoms with Gasteiger partial charge in [-0.15, -0.1) is 0 Å². The molecule has 0 aliphatic carbocycles. The molecule has 3 fully saturated rings. The van der Waals surface area contributed by atoms with Crippen LogP contribution in [0.2, 0.25) is 0 Å². The average Bonchev–Trinajstić information content (AvgIpc) is 3.51. The number of amides is 3. The van der Waals surface area contributed by atoms with Crippen LogP contribution in [0.4, 0.5) is 11.4 Å². The van der Waals surface area contributed by atoms with Crippen LogP contribution >= 0.6 is 0 Å². The molecule has 0 saturated carbocycles. The molecule has 0 unspecified atom stereocenters. The fourth-order valence-corrected chi connectivity index (χ4v) is 6.38. The van der Waals surface area contributed by atoms with Crippen molar-refractivity contribution in [3.8, 4) is 11.5 Å². The average molecular weight is 433 g/mol. The molecule has 6 rings (SSSR count). The second-order valence-corrected chi connectivity index (χ2v) is 8.72. The first kappa shape index (κ1) is 19.3. The number of imide groups is 1. The summed E-state index contributed by atoms with van der Waals surface area (Å²) in [4.78, 5) is 44.6. The summed E-state index contributed by atoms with van der Waals surface area (Å²) < 4.78 is 10.7. The lowest BCUT2D eigenvalue weighted by Crippen LogP contribution is -2.54. The molecule has 3 saturated heterocycles. The van der Waals surface area contributed by atoms with Gasteiger partial charge in [0.15, 0.2) is 11.5 Å². The highest BCUT2D eigenvalue weighted by molar-refractivity contribution is 6.26. The Kier molecular flexibility index (Phi) is 3.96. The number of hydrogen-bond acceptors (Lipinski definition) is 6. The molecule has 0 aromatic heterocycles. The molecule has 1 N–H and O–H groups in total. The number of hydrogen-bond donors (Lipinski definition) is 1. The molecule has 4 heterocycles. The molecule has 4 aliphatic heterocycles. The first-order valence-electron chi connectivity index (χ1n) is 10.8. The molecule has 164 valence electrons. The van der Waals surface area contributed by atoms with Gasteiger partial charge in [0.2, 0.25) is 17.7 Å². The smallest absolute Gasteiger partial charge is 0.250 e. The molecule has 4 aliphatic rings. The Morgan fingerprint density at radius 2 is 1.78 bits per heavy atom. The first-order chi connectivity index (χ1) is 15.5. The molecule has 3 amide bonds. The van der Waals surface area contributed by atoms with Gasteiger partial charge in [-0.2, -0.15) is 0 Å². The second-order valence-electron chi connectivity index (χ2n) is 8.72. The Labute approximate surface area is 185 Å².